The molecule has 0 radical (unpaired) electrons. The highest BCUT2D eigenvalue weighted by atomic mass is 32.2. The first-order valence-electron chi connectivity index (χ1n) is 5.30. The second-order valence-electron chi connectivity index (χ2n) is 3.74. The van der Waals surface area contributed by atoms with Crippen LogP contribution < -0.4 is 5.73 Å². The number of carbonyl (C=O) groups excluding carboxylic acids is 2. The second-order valence-corrected chi connectivity index (χ2v) is 5.17. The van der Waals surface area contributed by atoms with Crippen molar-refractivity contribution in [2.24, 2.45) is 5.73 Å². The van der Waals surface area contributed by atoms with Crippen LogP contribution in [-0.2, 0) is 9.59 Å². The Morgan fingerprint density at radius 3 is 2.93 bits per heavy atom. The largest absolute Gasteiger partial charge is 0.330 e. The fraction of sp³-hybridized carbons (Fsp3) is 0.800. The molecule has 1 heterocycles. The van der Waals surface area contributed by atoms with Gasteiger partial charge >= 0.3 is 0 Å². The Balaban J connectivity index is 2.26. The highest BCUT2D eigenvalue weighted by Gasteiger charge is 2.26. The van der Waals surface area contributed by atoms with Gasteiger partial charge in [0.2, 0.25) is 11.8 Å². The standard InChI is InChI=1S/C10H18N2O2S/c1-8(4-5-11)15-7-10(14)12-6-2-3-9(12)13/h8H,2-7,11H2,1H3. The van der Waals surface area contributed by atoms with E-state index in [0.717, 1.165) is 12.8 Å². The second kappa shape index (κ2) is 6.12. The van der Waals surface area contributed by atoms with E-state index in [1.54, 1.807) is 11.8 Å². The van der Waals surface area contributed by atoms with Crippen molar-refractivity contribution in [2.75, 3.05) is 18.8 Å². The van der Waals surface area contributed by atoms with Gasteiger partial charge in [-0.25, -0.2) is 0 Å². The molecular formula is C10H18N2O2S. The SMILES string of the molecule is CC(CCN)SCC(=O)N1CCCC1=O. The zero-order valence-corrected chi connectivity index (χ0v) is 9.89. The van der Waals surface area contributed by atoms with Crippen LogP contribution in [-0.4, -0.2) is 40.8 Å². The van der Waals surface area contributed by atoms with Crippen molar-refractivity contribution in [3.63, 3.8) is 0 Å². The molecule has 1 fully saturated rings. The summed E-state index contributed by atoms with van der Waals surface area (Å²) in [6.45, 7) is 3.30. The first-order valence-corrected chi connectivity index (χ1v) is 6.35. The molecule has 86 valence electrons. The van der Waals surface area contributed by atoms with Gasteiger partial charge in [0.05, 0.1) is 5.75 Å². The third kappa shape index (κ3) is 3.83. The molecule has 4 nitrogen and oxygen atoms in total. The van der Waals surface area contributed by atoms with Gasteiger partial charge in [0, 0.05) is 18.2 Å². The van der Waals surface area contributed by atoms with E-state index in [2.05, 4.69) is 6.92 Å². The maximum absolute atomic E-state index is 11.6. The lowest BCUT2D eigenvalue weighted by Gasteiger charge is -2.15. The molecule has 1 unspecified atom stereocenters. The summed E-state index contributed by atoms with van der Waals surface area (Å²) in [7, 11) is 0. The predicted molar refractivity (Wildman–Crippen MR) is 61.5 cm³/mol. The zero-order valence-electron chi connectivity index (χ0n) is 9.07. The van der Waals surface area contributed by atoms with Crippen LogP contribution in [0.25, 0.3) is 0 Å². The summed E-state index contributed by atoms with van der Waals surface area (Å²) in [6.07, 6.45) is 2.24. The van der Waals surface area contributed by atoms with Crippen molar-refractivity contribution in [1.29, 1.82) is 0 Å². The molecule has 1 saturated heterocycles. The number of likely N-dealkylation sites (tertiary alicyclic amines) is 1. The van der Waals surface area contributed by atoms with Gasteiger partial charge in [-0.05, 0) is 19.4 Å². The molecule has 1 aliphatic heterocycles. The lowest BCUT2D eigenvalue weighted by Crippen LogP contribution is -2.33. The van der Waals surface area contributed by atoms with E-state index < -0.39 is 0 Å². The Hall–Kier alpha value is -0.550. The van der Waals surface area contributed by atoms with Crippen molar-refractivity contribution in [1.82, 2.24) is 4.90 Å². The molecule has 0 aromatic rings. The van der Waals surface area contributed by atoms with Crippen molar-refractivity contribution in [3.05, 3.63) is 0 Å². The number of carbonyl (C=O) groups is 2. The quantitative estimate of drug-likeness (QED) is 0.751. The van der Waals surface area contributed by atoms with Crippen molar-refractivity contribution in [3.8, 4) is 0 Å². The van der Waals surface area contributed by atoms with Crippen LogP contribution in [0.3, 0.4) is 0 Å². The number of imide groups is 1. The van der Waals surface area contributed by atoms with Crippen molar-refractivity contribution in [2.45, 2.75) is 31.4 Å². The Morgan fingerprint density at radius 1 is 1.67 bits per heavy atom. The van der Waals surface area contributed by atoms with Gasteiger partial charge in [-0.15, -0.1) is 11.8 Å². The summed E-state index contributed by atoms with van der Waals surface area (Å²) in [5.74, 6) is 0.325. The highest BCUT2D eigenvalue weighted by Crippen LogP contribution is 2.16. The van der Waals surface area contributed by atoms with E-state index in [9.17, 15) is 9.59 Å². The molecule has 2 amide bonds. The molecule has 0 aromatic heterocycles. The van der Waals surface area contributed by atoms with E-state index in [4.69, 9.17) is 5.73 Å². The third-order valence-corrected chi connectivity index (χ3v) is 3.66. The molecular weight excluding hydrogens is 212 g/mol. The average Bonchev–Trinajstić information content (AvgIpc) is 2.61. The normalized spacial score (nSPS) is 18.3. The van der Waals surface area contributed by atoms with E-state index in [-0.39, 0.29) is 11.8 Å². The van der Waals surface area contributed by atoms with Crippen molar-refractivity contribution >= 4 is 23.6 Å². The maximum atomic E-state index is 11.6. The molecule has 1 rings (SSSR count). The minimum absolute atomic E-state index is 0.0212. The average molecular weight is 230 g/mol. The van der Waals surface area contributed by atoms with E-state index >= 15 is 0 Å². The summed E-state index contributed by atoms with van der Waals surface area (Å²) < 4.78 is 0. The molecule has 0 spiro atoms. The molecule has 1 aliphatic rings. The molecule has 0 aliphatic carbocycles. The number of rotatable bonds is 5. The highest BCUT2D eigenvalue weighted by molar-refractivity contribution is 8.00. The lowest BCUT2D eigenvalue weighted by atomic mass is 10.3. The Bertz CT molecular complexity index is 246. The summed E-state index contributed by atoms with van der Waals surface area (Å²) in [5.41, 5.74) is 5.42. The smallest absolute Gasteiger partial charge is 0.239 e. The summed E-state index contributed by atoms with van der Waals surface area (Å²) in [4.78, 5) is 24.3. The Labute approximate surface area is 94.6 Å². The van der Waals surface area contributed by atoms with Gasteiger partial charge in [-0.2, -0.15) is 0 Å². The van der Waals surface area contributed by atoms with E-state index in [1.165, 1.54) is 4.90 Å². The number of hydrogen-bond acceptors (Lipinski definition) is 4. The number of nitrogens with zero attached hydrogens (tertiary/aromatic N) is 1. The van der Waals surface area contributed by atoms with Gasteiger partial charge < -0.3 is 5.73 Å². The zero-order chi connectivity index (χ0) is 11.3. The fourth-order valence-corrected chi connectivity index (χ4v) is 2.41. The van der Waals surface area contributed by atoms with Crippen LogP contribution in [0.4, 0.5) is 0 Å². The molecule has 2 N–H and O–H groups in total. The lowest BCUT2D eigenvalue weighted by molar-refractivity contribution is -0.140. The van der Waals surface area contributed by atoms with Gasteiger partial charge in [-0.1, -0.05) is 6.92 Å². The Morgan fingerprint density at radius 2 is 2.40 bits per heavy atom. The van der Waals surface area contributed by atoms with E-state index in [0.29, 0.717) is 30.5 Å². The van der Waals surface area contributed by atoms with Crippen molar-refractivity contribution < 1.29 is 9.59 Å². The minimum atomic E-state index is -0.0497. The molecule has 1 atom stereocenters. The van der Waals surface area contributed by atoms with Crippen LogP contribution in [0, 0.1) is 0 Å². The van der Waals surface area contributed by atoms with Crippen LogP contribution in [0.5, 0.6) is 0 Å². The first-order chi connectivity index (χ1) is 7.15. The molecule has 0 bridgehead atoms. The number of nitrogens with two attached hydrogens (primary N) is 1. The Kier molecular flexibility index (Phi) is 5.11. The topological polar surface area (TPSA) is 63.4 Å². The van der Waals surface area contributed by atoms with Gasteiger partial charge in [0.1, 0.15) is 0 Å². The van der Waals surface area contributed by atoms with E-state index in [1.807, 2.05) is 0 Å². The fourth-order valence-electron chi connectivity index (χ4n) is 1.52. The van der Waals surface area contributed by atoms with Crippen LogP contribution in [0.15, 0.2) is 0 Å². The minimum Gasteiger partial charge on any atom is -0.330 e. The number of amides is 2. The van der Waals surface area contributed by atoms with Crippen LogP contribution in [0.1, 0.15) is 26.2 Å². The predicted octanol–water partition coefficient (Wildman–Crippen LogP) is 0.606. The number of hydrogen-bond donors (Lipinski definition) is 1. The van der Waals surface area contributed by atoms with Crippen LogP contribution >= 0.6 is 11.8 Å². The summed E-state index contributed by atoms with van der Waals surface area (Å²) in [5, 5.41) is 0.386. The summed E-state index contributed by atoms with van der Waals surface area (Å²) >= 11 is 1.57. The number of thioether (sulfide) groups is 1. The van der Waals surface area contributed by atoms with Gasteiger partial charge in [0.25, 0.3) is 0 Å². The third-order valence-electron chi connectivity index (χ3n) is 2.44. The molecule has 15 heavy (non-hydrogen) atoms. The van der Waals surface area contributed by atoms with Crippen LogP contribution in [0.2, 0.25) is 0 Å². The maximum Gasteiger partial charge on any atom is 0.239 e. The van der Waals surface area contributed by atoms with Gasteiger partial charge in [0.15, 0.2) is 0 Å². The summed E-state index contributed by atoms with van der Waals surface area (Å²) in [6, 6.07) is 0. The molecule has 5 heteroatoms. The molecule has 0 saturated carbocycles. The monoisotopic (exact) mass is 230 g/mol. The first kappa shape index (κ1) is 12.5. The molecule has 0 aromatic carbocycles. The van der Waals surface area contributed by atoms with Gasteiger partial charge in [-0.3, -0.25) is 14.5 Å².